The van der Waals surface area contributed by atoms with Gasteiger partial charge in [0.15, 0.2) is 0 Å². The molecule has 1 amide bonds. The van der Waals surface area contributed by atoms with Crippen LogP contribution in [0.1, 0.15) is 38.5 Å². The maximum Gasteiger partial charge on any atom is 0.223 e. The largest absolute Gasteiger partial charge is 0.338 e. The third-order valence-corrected chi connectivity index (χ3v) is 4.70. The quantitative estimate of drug-likeness (QED) is 0.765. The van der Waals surface area contributed by atoms with Crippen LogP contribution in [0.2, 0.25) is 0 Å². The molecule has 0 aromatic heterocycles. The van der Waals surface area contributed by atoms with Gasteiger partial charge in [0.1, 0.15) is 0 Å². The molecule has 0 spiro atoms. The maximum absolute atomic E-state index is 12.2. The second-order valence-electron chi connectivity index (χ2n) is 5.72. The zero-order chi connectivity index (χ0) is 11.0. The van der Waals surface area contributed by atoms with E-state index in [1.165, 1.54) is 32.1 Å². The number of hydrogen-bond donors (Lipinski definition) is 1. The van der Waals surface area contributed by atoms with Gasteiger partial charge < -0.3 is 10.2 Å². The van der Waals surface area contributed by atoms with Crippen LogP contribution < -0.4 is 5.32 Å². The highest BCUT2D eigenvalue weighted by Gasteiger charge is 2.40. The van der Waals surface area contributed by atoms with Crippen LogP contribution in [0.15, 0.2) is 0 Å². The Hall–Kier alpha value is -0.570. The Bertz CT molecular complexity index is 273. The molecule has 2 saturated heterocycles. The Morgan fingerprint density at radius 2 is 2.00 bits per heavy atom. The van der Waals surface area contributed by atoms with E-state index in [0.717, 1.165) is 32.0 Å². The van der Waals surface area contributed by atoms with E-state index in [4.69, 9.17) is 0 Å². The van der Waals surface area contributed by atoms with Gasteiger partial charge in [-0.1, -0.05) is 12.8 Å². The number of likely N-dealkylation sites (tertiary alicyclic amines) is 1. The van der Waals surface area contributed by atoms with Gasteiger partial charge in [0.05, 0.1) is 0 Å². The topological polar surface area (TPSA) is 32.3 Å². The van der Waals surface area contributed by atoms with Crippen molar-refractivity contribution in [1.82, 2.24) is 10.2 Å². The molecule has 3 nitrogen and oxygen atoms in total. The van der Waals surface area contributed by atoms with Crippen molar-refractivity contribution in [3.05, 3.63) is 0 Å². The lowest BCUT2D eigenvalue weighted by atomic mass is 10.0. The first-order chi connectivity index (χ1) is 7.84. The number of nitrogens with zero attached hydrogens (tertiary/aromatic N) is 1. The second kappa shape index (κ2) is 4.36. The molecule has 2 atom stereocenters. The molecule has 3 rings (SSSR count). The highest BCUT2D eigenvalue weighted by Crippen LogP contribution is 2.31. The first-order valence-electron chi connectivity index (χ1n) is 6.85. The van der Waals surface area contributed by atoms with Crippen LogP contribution in [0.5, 0.6) is 0 Å². The third kappa shape index (κ3) is 1.86. The highest BCUT2D eigenvalue weighted by atomic mass is 16.2. The van der Waals surface area contributed by atoms with Gasteiger partial charge >= 0.3 is 0 Å². The van der Waals surface area contributed by atoms with Crippen LogP contribution in [0.3, 0.4) is 0 Å². The first-order valence-corrected chi connectivity index (χ1v) is 6.85. The molecule has 16 heavy (non-hydrogen) atoms. The standard InChI is InChI=1S/C13H22N2O/c16-13(7-10-3-1-2-4-10)15-6-5-11-8-14-9-12(11)15/h10-12,14H,1-9H2/t11-,12+/m0/s1. The van der Waals surface area contributed by atoms with Crippen molar-refractivity contribution in [1.29, 1.82) is 0 Å². The minimum atomic E-state index is 0.433. The first kappa shape index (κ1) is 10.6. The summed E-state index contributed by atoms with van der Waals surface area (Å²) in [5.74, 6) is 1.87. The molecule has 3 fully saturated rings. The molecular formula is C13H22N2O. The zero-order valence-electron chi connectivity index (χ0n) is 9.95. The van der Waals surface area contributed by atoms with Crippen molar-refractivity contribution in [3.63, 3.8) is 0 Å². The van der Waals surface area contributed by atoms with E-state index in [9.17, 15) is 4.79 Å². The summed E-state index contributed by atoms with van der Waals surface area (Å²) in [7, 11) is 0. The summed E-state index contributed by atoms with van der Waals surface area (Å²) in [6, 6.07) is 0.522. The fourth-order valence-corrected chi connectivity index (χ4v) is 3.74. The lowest BCUT2D eigenvalue weighted by molar-refractivity contribution is -0.132. The van der Waals surface area contributed by atoms with Crippen molar-refractivity contribution in [2.75, 3.05) is 19.6 Å². The van der Waals surface area contributed by atoms with E-state index >= 15 is 0 Å². The van der Waals surface area contributed by atoms with E-state index in [1.54, 1.807) is 0 Å². The summed E-state index contributed by atoms with van der Waals surface area (Å²) in [5.41, 5.74) is 0. The lowest BCUT2D eigenvalue weighted by Crippen LogP contribution is -2.39. The average Bonchev–Trinajstić information content (AvgIpc) is 2.92. The van der Waals surface area contributed by atoms with E-state index < -0.39 is 0 Å². The van der Waals surface area contributed by atoms with Gasteiger partial charge in [-0.05, 0) is 31.1 Å². The highest BCUT2D eigenvalue weighted by molar-refractivity contribution is 5.77. The summed E-state index contributed by atoms with van der Waals surface area (Å²) in [6.45, 7) is 3.17. The predicted molar refractivity (Wildman–Crippen MR) is 63.1 cm³/mol. The number of fused-ring (bicyclic) bond motifs is 1. The van der Waals surface area contributed by atoms with Crippen LogP contribution in [0, 0.1) is 11.8 Å². The summed E-state index contributed by atoms with van der Waals surface area (Å²) < 4.78 is 0. The van der Waals surface area contributed by atoms with E-state index in [1.807, 2.05) is 0 Å². The molecule has 1 saturated carbocycles. The molecule has 0 bridgehead atoms. The van der Waals surface area contributed by atoms with Gasteiger partial charge in [-0.3, -0.25) is 4.79 Å². The van der Waals surface area contributed by atoms with E-state index in [0.29, 0.717) is 17.9 Å². The molecule has 0 aromatic carbocycles. The number of carbonyl (C=O) groups excluding carboxylic acids is 1. The van der Waals surface area contributed by atoms with Crippen LogP contribution in [-0.4, -0.2) is 36.5 Å². The SMILES string of the molecule is O=C(CC1CCCC1)N1CC[C@H]2CNC[C@H]21. The van der Waals surface area contributed by atoms with Gasteiger partial charge in [-0.25, -0.2) is 0 Å². The number of rotatable bonds is 2. The van der Waals surface area contributed by atoms with Crippen molar-refractivity contribution in [2.24, 2.45) is 11.8 Å². The third-order valence-electron chi connectivity index (χ3n) is 4.70. The van der Waals surface area contributed by atoms with Crippen molar-refractivity contribution in [2.45, 2.75) is 44.6 Å². The average molecular weight is 222 g/mol. The molecule has 1 N–H and O–H groups in total. The molecular weight excluding hydrogens is 200 g/mol. The minimum absolute atomic E-state index is 0.433. The fraction of sp³-hybridized carbons (Fsp3) is 0.923. The molecule has 3 aliphatic rings. The molecule has 2 heterocycles. The smallest absolute Gasteiger partial charge is 0.223 e. The van der Waals surface area contributed by atoms with E-state index in [-0.39, 0.29) is 0 Å². The van der Waals surface area contributed by atoms with Crippen LogP contribution >= 0.6 is 0 Å². The Labute approximate surface area is 97.6 Å². The van der Waals surface area contributed by atoms with Crippen molar-refractivity contribution in [3.8, 4) is 0 Å². The van der Waals surface area contributed by atoms with Crippen molar-refractivity contribution >= 4 is 5.91 Å². The molecule has 0 radical (unpaired) electrons. The molecule has 90 valence electrons. The molecule has 0 aromatic rings. The van der Waals surface area contributed by atoms with Gasteiger partial charge in [0.2, 0.25) is 5.91 Å². The van der Waals surface area contributed by atoms with E-state index in [2.05, 4.69) is 10.2 Å². The molecule has 1 aliphatic carbocycles. The minimum Gasteiger partial charge on any atom is -0.338 e. The van der Waals surface area contributed by atoms with Gasteiger partial charge in [0.25, 0.3) is 0 Å². The summed E-state index contributed by atoms with van der Waals surface area (Å²) in [5, 5.41) is 3.41. The Kier molecular flexibility index (Phi) is 2.88. The number of amides is 1. The normalized spacial score (nSPS) is 34.6. The lowest BCUT2D eigenvalue weighted by Gasteiger charge is -2.24. The van der Waals surface area contributed by atoms with Gasteiger partial charge in [-0.2, -0.15) is 0 Å². The Morgan fingerprint density at radius 1 is 1.19 bits per heavy atom. The molecule has 2 aliphatic heterocycles. The zero-order valence-corrected chi connectivity index (χ0v) is 9.95. The molecule has 3 heteroatoms. The summed E-state index contributed by atoms with van der Waals surface area (Å²) >= 11 is 0. The van der Waals surface area contributed by atoms with Gasteiger partial charge in [-0.15, -0.1) is 0 Å². The Morgan fingerprint density at radius 3 is 2.81 bits per heavy atom. The maximum atomic E-state index is 12.2. The van der Waals surface area contributed by atoms with Gasteiger partial charge in [0, 0.05) is 32.1 Å². The fourth-order valence-electron chi connectivity index (χ4n) is 3.74. The van der Waals surface area contributed by atoms with Crippen molar-refractivity contribution < 1.29 is 4.79 Å². The number of nitrogens with one attached hydrogen (secondary N) is 1. The monoisotopic (exact) mass is 222 g/mol. The summed E-state index contributed by atoms with van der Waals surface area (Å²) in [4.78, 5) is 14.4. The number of hydrogen-bond acceptors (Lipinski definition) is 2. The van der Waals surface area contributed by atoms with Crippen LogP contribution in [0.25, 0.3) is 0 Å². The van der Waals surface area contributed by atoms with Crippen LogP contribution in [-0.2, 0) is 4.79 Å². The second-order valence-corrected chi connectivity index (χ2v) is 5.72. The predicted octanol–water partition coefficient (Wildman–Crippen LogP) is 1.39. The number of carbonyl (C=O) groups is 1. The molecule has 0 unspecified atom stereocenters. The van der Waals surface area contributed by atoms with Crippen LogP contribution in [0.4, 0.5) is 0 Å². The summed E-state index contributed by atoms with van der Waals surface area (Å²) in [6.07, 6.45) is 7.28. The Balaban J connectivity index is 1.57.